The molecule has 2 rings (SSSR count). The molecule has 1 heterocycles. The van der Waals surface area contributed by atoms with Gasteiger partial charge in [-0.05, 0) is 30.4 Å². The molecule has 2 aromatic rings. The molecular weight excluding hydrogens is 381 g/mol. The number of thioether (sulfide) groups is 1. The minimum absolute atomic E-state index is 0.405. The first-order chi connectivity index (χ1) is 12.3. The number of nitrogens with one attached hydrogen (secondary N) is 2. The Morgan fingerprint density at radius 2 is 2.08 bits per heavy atom. The summed E-state index contributed by atoms with van der Waals surface area (Å²) in [5, 5.41) is 7.82. The maximum Gasteiger partial charge on any atom is 0.434 e. The number of hydrogen-bond donors (Lipinski definition) is 2. The number of aliphatic imine (C=N–C) groups is 1. The van der Waals surface area contributed by atoms with E-state index in [-0.39, 0.29) is 0 Å². The number of benzene rings is 1. The van der Waals surface area contributed by atoms with Crippen LogP contribution < -0.4 is 10.6 Å². The molecule has 26 heavy (non-hydrogen) atoms. The number of alkyl halides is 3. The summed E-state index contributed by atoms with van der Waals surface area (Å²) < 4.78 is 37.7. The zero-order valence-corrected chi connectivity index (χ0v) is 16.4. The Morgan fingerprint density at radius 3 is 2.69 bits per heavy atom. The molecule has 2 N–H and O–H groups in total. The molecule has 0 aliphatic rings. The van der Waals surface area contributed by atoms with E-state index in [2.05, 4.69) is 45.7 Å². The van der Waals surface area contributed by atoms with Gasteiger partial charge < -0.3 is 10.6 Å². The first-order valence-electron chi connectivity index (χ1n) is 7.93. The number of aromatic nitrogens is 1. The van der Waals surface area contributed by atoms with Gasteiger partial charge in [-0.3, -0.25) is 4.99 Å². The van der Waals surface area contributed by atoms with E-state index in [1.54, 1.807) is 18.8 Å². The zero-order chi connectivity index (χ0) is 19.2. The van der Waals surface area contributed by atoms with Crippen molar-refractivity contribution in [3.05, 3.63) is 45.4 Å². The van der Waals surface area contributed by atoms with Gasteiger partial charge in [0, 0.05) is 36.8 Å². The first-order valence-corrected chi connectivity index (χ1v) is 10.0. The van der Waals surface area contributed by atoms with Gasteiger partial charge in [-0.2, -0.15) is 13.2 Å². The lowest BCUT2D eigenvalue weighted by atomic mass is 10.1. The number of nitrogens with zero attached hydrogens (tertiary/aromatic N) is 2. The molecule has 1 aromatic carbocycles. The van der Waals surface area contributed by atoms with Crippen LogP contribution in [0.4, 0.5) is 13.2 Å². The molecule has 0 aliphatic heterocycles. The number of aryl methyl sites for hydroxylation is 1. The van der Waals surface area contributed by atoms with Crippen LogP contribution >= 0.6 is 23.1 Å². The summed E-state index contributed by atoms with van der Waals surface area (Å²) in [6, 6.07) is 6.28. The van der Waals surface area contributed by atoms with Gasteiger partial charge in [0.15, 0.2) is 11.7 Å². The number of hydrogen-bond acceptors (Lipinski definition) is 4. The summed E-state index contributed by atoms with van der Waals surface area (Å²) in [4.78, 5) is 8.97. The number of halogens is 3. The van der Waals surface area contributed by atoms with Crippen LogP contribution in [0.5, 0.6) is 0 Å². The summed E-state index contributed by atoms with van der Waals surface area (Å²) in [5.41, 5.74) is 1.55. The van der Waals surface area contributed by atoms with Crippen molar-refractivity contribution in [1.29, 1.82) is 0 Å². The van der Waals surface area contributed by atoms with E-state index in [1.807, 2.05) is 6.26 Å². The van der Waals surface area contributed by atoms with Gasteiger partial charge in [0.2, 0.25) is 0 Å². The minimum atomic E-state index is -4.39. The van der Waals surface area contributed by atoms with Crippen LogP contribution in [-0.2, 0) is 19.1 Å². The molecule has 1 aromatic heterocycles. The van der Waals surface area contributed by atoms with E-state index >= 15 is 0 Å². The lowest BCUT2D eigenvalue weighted by molar-refractivity contribution is -0.140. The molecule has 0 spiro atoms. The zero-order valence-electron chi connectivity index (χ0n) is 14.8. The predicted molar refractivity (Wildman–Crippen MR) is 102 cm³/mol. The second-order valence-corrected chi connectivity index (χ2v) is 7.33. The van der Waals surface area contributed by atoms with E-state index in [4.69, 9.17) is 0 Å². The first kappa shape index (κ1) is 20.6. The Balaban J connectivity index is 1.84. The molecule has 0 bridgehead atoms. The van der Waals surface area contributed by atoms with E-state index in [0.29, 0.717) is 30.5 Å². The summed E-state index contributed by atoms with van der Waals surface area (Å²) >= 11 is 2.71. The Hall–Kier alpha value is -1.74. The van der Waals surface area contributed by atoms with Crippen LogP contribution in [0.1, 0.15) is 21.8 Å². The Morgan fingerprint density at radius 1 is 1.31 bits per heavy atom. The van der Waals surface area contributed by atoms with Crippen LogP contribution in [0.3, 0.4) is 0 Å². The molecule has 0 atom stereocenters. The van der Waals surface area contributed by atoms with Crippen LogP contribution in [0.15, 0.2) is 33.5 Å². The highest BCUT2D eigenvalue weighted by Crippen LogP contribution is 2.30. The smallest absolute Gasteiger partial charge is 0.356 e. The minimum Gasteiger partial charge on any atom is -0.356 e. The van der Waals surface area contributed by atoms with Gasteiger partial charge in [0.05, 0.1) is 5.01 Å². The van der Waals surface area contributed by atoms with Crippen molar-refractivity contribution < 1.29 is 13.2 Å². The predicted octanol–water partition coefficient (Wildman–Crippen LogP) is 4.10. The third kappa shape index (κ3) is 5.91. The van der Waals surface area contributed by atoms with Crippen molar-refractivity contribution >= 4 is 29.1 Å². The van der Waals surface area contributed by atoms with Crippen molar-refractivity contribution in [2.75, 3.05) is 19.8 Å². The molecule has 0 aliphatic carbocycles. The van der Waals surface area contributed by atoms with Gasteiger partial charge in [-0.15, -0.1) is 23.1 Å². The molecule has 0 amide bonds. The maximum absolute atomic E-state index is 12.6. The normalized spacial score (nSPS) is 12.3. The van der Waals surface area contributed by atoms with Gasteiger partial charge in [0.25, 0.3) is 0 Å². The van der Waals surface area contributed by atoms with Crippen LogP contribution in [0.25, 0.3) is 0 Å². The second kappa shape index (κ2) is 9.27. The van der Waals surface area contributed by atoms with E-state index in [9.17, 15) is 13.2 Å². The van der Waals surface area contributed by atoms with Crippen LogP contribution in [-0.4, -0.2) is 30.8 Å². The lowest BCUT2D eigenvalue weighted by Crippen LogP contribution is -2.38. The topological polar surface area (TPSA) is 49.3 Å². The molecule has 0 unspecified atom stereocenters. The fourth-order valence-electron chi connectivity index (χ4n) is 2.24. The van der Waals surface area contributed by atoms with E-state index in [0.717, 1.165) is 16.7 Å². The molecule has 0 radical (unpaired) electrons. The highest BCUT2D eigenvalue weighted by atomic mass is 32.2. The van der Waals surface area contributed by atoms with Crippen LogP contribution in [0.2, 0.25) is 0 Å². The Bertz CT molecular complexity index is 757. The van der Waals surface area contributed by atoms with Crippen molar-refractivity contribution in [2.24, 2.45) is 4.99 Å². The van der Waals surface area contributed by atoms with Crippen molar-refractivity contribution in [3.63, 3.8) is 0 Å². The van der Waals surface area contributed by atoms with Gasteiger partial charge in [0.1, 0.15) is 0 Å². The fourth-order valence-corrected chi connectivity index (χ4v) is 3.75. The quantitative estimate of drug-likeness (QED) is 0.434. The Labute approximate surface area is 159 Å². The number of thiazole rings is 1. The van der Waals surface area contributed by atoms with Crippen molar-refractivity contribution in [3.8, 4) is 0 Å². The summed E-state index contributed by atoms with van der Waals surface area (Å²) in [5.74, 6) is 0.602. The van der Waals surface area contributed by atoms with Crippen LogP contribution in [0, 0.1) is 6.92 Å². The van der Waals surface area contributed by atoms with Crippen molar-refractivity contribution in [1.82, 2.24) is 15.6 Å². The van der Waals surface area contributed by atoms with Gasteiger partial charge in [-0.25, -0.2) is 4.98 Å². The maximum atomic E-state index is 12.6. The molecule has 142 valence electrons. The summed E-state index contributed by atoms with van der Waals surface area (Å²) in [6.07, 6.45) is -1.95. The summed E-state index contributed by atoms with van der Waals surface area (Å²) in [7, 11) is 1.66. The highest BCUT2D eigenvalue weighted by molar-refractivity contribution is 7.98. The second-order valence-electron chi connectivity index (χ2n) is 5.54. The number of rotatable bonds is 6. The molecule has 0 saturated carbocycles. The van der Waals surface area contributed by atoms with Gasteiger partial charge >= 0.3 is 6.18 Å². The monoisotopic (exact) mass is 402 g/mol. The third-order valence-corrected chi connectivity index (χ3v) is 5.31. The third-order valence-electron chi connectivity index (χ3n) is 3.59. The molecule has 4 nitrogen and oxygen atoms in total. The fraction of sp³-hybridized carbons (Fsp3) is 0.412. The molecule has 9 heteroatoms. The SMILES string of the molecule is CN=C(NCCc1nc(C(F)(F)F)cs1)NCc1ccc(C)cc1SC. The largest absolute Gasteiger partial charge is 0.434 e. The average molecular weight is 403 g/mol. The number of guanidine groups is 1. The molecular formula is C17H21F3N4S2. The highest BCUT2D eigenvalue weighted by Gasteiger charge is 2.33. The summed E-state index contributed by atoms with van der Waals surface area (Å²) in [6.45, 7) is 3.12. The average Bonchev–Trinajstić information content (AvgIpc) is 3.08. The molecule has 0 fully saturated rings. The van der Waals surface area contributed by atoms with E-state index in [1.165, 1.54) is 16.0 Å². The lowest BCUT2D eigenvalue weighted by Gasteiger charge is -2.13. The Kier molecular flexibility index (Phi) is 7.33. The van der Waals surface area contributed by atoms with E-state index < -0.39 is 11.9 Å². The van der Waals surface area contributed by atoms with Crippen molar-refractivity contribution in [2.45, 2.75) is 31.0 Å². The standard InChI is InChI=1S/C17H21F3N4S2/c1-11-4-5-12(13(8-11)25-3)9-23-16(21-2)22-7-6-15-24-14(10-26-15)17(18,19)20/h4-5,8,10H,6-7,9H2,1-3H3,(H2,21,22,23). The van der Waals surface area contributed by atoms with Gasteiger partial charge in [-0.1, -0.05) is 12.1 Å². The molecule has 0 saturated heterocycles.